The number of benzene rings is 5. The van der Waals surface area contributed by atoms with E-state index in [1.807, 2.05) is 0 Å². The van der Waals surface area contributed by atoms with Gasteiger partial charge in [-0.05, 0) is 84.2 Å². The first-order chi connectivity index (χ1) is 29.1. The van der Waals surface area contributed by atoms with Crippen LogP contribution in [0.3, 0.4) is 0 Å². The van der Waals surface area contributed by atoms with E-state index >= 15 is 0 Å². The fourth-order valence-electron chi connectivity index (χ4n) is 5.32. The second kappa shape index (κ2) is 16.6. The molecule has 0 radical (unpaired) electrons. The Labute approximate surface area is 372 Å². The number of nitrogens with one attached hydrogen (secondary N) is 3. The van der Waals surface area contributed by atoms with Crippen molar-refractivity contribution in [1.82, 2.24) is 0 Å². The summed E-state index contributed by atoms with van der Waals surface area (Å²) in [7, 11) is -48.4. The highest BCUT2D eigenvalue weighted by Crippen LogP contribution is 2.38. The topological polar surface area (TPSA) is 465 Å². The third kappa shape index (κ3) is 11.9. The Bertz CT molecular complexity index is 3800. The highest BCUT2D eigenvalue weighted by atomic mass is 35.5. The van der Waals surface area contributed by atoms with Gasteiger partial charge in [0.1, 0.15) is 0 Å². The van der Waals surface area contributed by atoms with Crippen LogP contribution >= 0.6 is 11.6 Å². The number of fused-ring (bicyclic) bond motifs is 1. The molecule has 27 nitrogen and oxygen atoms in total. The summed E-state index contributed by atoms with van der Waals surface area (Å²) in [5.74, 6) is 0. The van der Waals surface area contributed by atoms with E-state index in [0.29, 0.717) is 54.6 Å². The molecule has 65 heavy (non-hydrogen) atoms. The van der Waals surface area contributed by atoms with Gasteiger partial charge in [0.15, 0.2) is 0 Å². The largest absolute Gasteiger partial charge is 0.294 e. The fourth-order valence-corrected chi connectivity index (χ4v) is 12.9. The lowest BCUT2D eigenvalue weighted by Crippen LogP contribution is -2.18. The fraction of sp³-hybridized carbons (Fsp3) is 0. The summed E-state index contributed by atoms with van der Waals surface area (Å²) in [6.07, 6.45) is 0. The normalized spacial score (nSPS) is 13.6. The van der Waals surface area contributed by atoms with Crippen LogP contribution in [0.1, 0.15) is 0 Å². The van der Waals surface area contributed by atoms with Crippen molar-refractivity contribution < 1.29 is 103 Å². The van der Waals surface area contributed by atoms with E-state index in [1.54, 1.807) is 14.2 Å². The maximum Gasteiger partial charge on any atom is 0.294 e. The summed E-state index contributed by atoms with van der Waals surface area (Å²) in [4.78, 5) is -11.6. The number of hydrogen-bond acceptors (Lipinski definition) is 18. The molecule has 0 amide bonds. The second-order valence-electron chi connectivity index (χ2n) is 12.7. The average molecular weight is 1110 g/mol. The van der Waals surface area contributed by atoms with Crippen molar-refractivity contribution >= 4 is 130 Å². The molecule has 354 valence electrons. The van der Waals surface area contributed by atoms with Crippen LogP contribution in [0.5, 0.6) is 0 Å². The van der Waals surface area contributed by atoms with Crippen molar-refractivity contribution in [2.45, 2.75) is 44.1 Å². The second-order valence-corrected chi connectivity index (χ2v) is 26.6. The molecular formula is C28H22ClN3O24S9. The van der Waals surface area contributed by atoms with Gasteiger partial charge in [0.2, 0.25) is 0 Å². The van der Waals surface area contributed by atoms with Crippen molar-refractivity contribution in [3.05, 3.63) is 83.9 Å². The summed E-state index contributed by atoms with van der Waals surface area (Å²) in [5.41, 5.74) is -3.13. The Morgan fingerprint density at radius 1 is 0.308 bits per heavy atom. The van der Waals surface area contributed by atoms with Crippen molar-refractivity contribution in [2.75, 3.05) is 14.2 Å². The molecule has 0 atom stereocenters. The van der Waals surface area contributed by atoms with Gasteiger partial charge in [-0.2, -0.15) is 50.5 Å². The van der Waals surface area contributed by atoms with E-state index in [0.717, 1.165) is 0 Å². The first kappa shape index (κ1) is 51.3. The average Bonchev–Trinajstić information content (AvgIpc) is 3.11. The van der Waals surface area contributed by atoms with Gasteiger partial charge in [0.25, 0.3) is 90.8 Å². The number of rotatable bonds is 15. The summed E-state index contributed by atoms with van der Waals surface area (Å²) >= 11 is 6.38. The molecule has 0 bridgehead atoms. The van der Waals surface area contributed by atoms with Gasteiger partial charge in [-0.15, -0.1) is 0 Å². The molecule has 0 unspecified atom stereocenters. The molecule has 5 rings (SSSR count). The minimum atomic E-state index is -5.56. The Kier molecular flexibility index (Phi) is 13.1. The molecule has 0 aromatic heterocycles. The number of sulfonamides is 3. The van der Waals surface area contributed by atoms with Gasteiger partial charge in [-0.3, -0.25) is 41.5 Å². The first-order valence-electron chi connectivity index (χ1n) is 15.7. The number of hydrogen-bond donors (Lipinski definition) is 9. The molecule has 0 saturated carbocycles. The molecule has 0 saturated heterocycles. The van der Waals surface area contributed by atoms with Crippen LogP contribution in [-0.2, 0) is 90.8 Å². The SMILES string of the molecule is O=S(=O)(O)c1cc(NS(=O)(=O)c2cc(Cl)c3c(S(=O)(=O)Nc4cc(S(=O)(=O)O)cc(S(=O)(=O)O)c4)cc(S(=O)(=O)Nc4cc(S(=O)(=O)O)cc(S(=O)(=O)O)c4)cc3c2)cc(S(=O)(=O)O)c1. The van der Waals surface area contributed by atoms with Gasteiger partial charge in [0, 0.05) is 5.39 Å². The molecule has 0 aliphatic rings. The highest BCUT2D eigenvalue weighted by Gasteiger charge is 2.30. The lowest BCUT2D eigenvalue weighted by atomic mass is 10.1. The van der Waals surface area contributed by atoms with Gasteiger partial charge in [-0.25, -0.2) is 25.3 Å². The molecule has 37 heteroatoms. The molecule has 5 aromatic carbocycles. The smallest absolute Gasteiger partial charge is 0.282 e. The summed E-state index contributed by atoms with van der Waals surface area (Å²) in [5, 5.41) is -2.60. The Morgan fingerprint density at radius 3 is 0.815 bits per heavy atom. The zero-order valence-corrected chi connectivity index (χ0v) is 38.7. The summed E-state index contributed by atoms with van der Waals surface area (Å²) in [6, 6.07) is 4.26. The predicted molar refractivity (Wildman–Crippen MR) is 220 cm³/mol. The van der Waals surface area contributed by atoms with Crippen LogP contribution in [0.4, 0.5) is 17.1 Å². The van der Waals surface area contributed by atoms with Crippen LogP contribution in [0.2, 0.25) is 5.02 Å². The van der Waals surface area contributed by atoms with E-state index in [2.05, 4.69) is 0 Å². The molecule has 0 fully saturated rings. The van der Waals surface area contributed by atoms with E-state index < -0.39 is 168 Å². The Hall–Kier alpha value is -4.64. The highest BCUT2D eigenvalue weighted by molar-refractivity contribution is 7.94. The van der Waals surface area contributed by atoms with Gasteiger partial charge in [-0.1, -0.05) is 11.6 Å². The quantitative estimate of drug-likeness (QED) is 0.0669. The molecule has 9 N–H and O–H groups in total. The maximum atomic E-state index is 14.1. The minimum absolute atomic E-state index is 0.191. The lowest BCUT2D eigenvalue weighted by Gasteiger charge is -2.17. The van der Waals surface area contributed by atoms with E-state index in [1.165, 1.54) is 0 Å². The first-order valence-corrected chi connectivity index (χ1v) is 29.2. The Morgan fingerprint density at radius 2 is 0.554 bits per heavy atom. The number of halogens is 1. The standard InChI is InChI=1S/C28H22ClN3O24S9/c29-26-12-18(57(33,34)30-15-3-20(60(39,40)41)9-21(4-15)61(42,43)44)1-14-2-19(58(35,36)31-16-5-22(62(45,46)47)10-23(6-16)63(48,49)50)13-27(28(14)26)59(37,38)32-17-7-24(64(51,52)53)11-25(8-17)65(54,55)56/h1-13,30-32H,(H,39,40,41)(H,42,43,44)(H,45,46,47)(H,48,49,50)(H,51,52,53)(H,54,55,56). The number of anilines is 3. The van der Waals surface area contributed by atoms with Crippen molar-refractivity contribution in [1.29, 1.82) is 0 Å². The molecule has 0 aliphatic heterocycles. The Balaban J connectivity index is 1.81. The zero-order chi connectivity index (χ0) is 49.5. The summed E-state index contributed by atoms with van der Waals surface area (Å²) in [6.45, 7) is 0. The molecular weight excluding hydrogens is 1090 g/mol. The van der Waals surface area contributed by atoms with E-state index in [9.17, 15) is 103 Å². The molecule has 0 spiro atoms. The van der Waals surface area contributed by atoms with Crippen LogP contribution < -0.4 is 14.2 Å². The minimum Gasteiger partial charge on any atom is -0.282 e. The monoisotopic (exact) mass is 1110 g/mol. The van der Waals surface area contributed by atoms with Crippen molar-refractivity contribution in [3.8, 4) is 0 Å². The van der Waals surface area contributed by atoms with Gasteiger partial charge < -0.3 is 0 Å². The third-order valence-corrected chi connectivity index (χ3v) is 17.4. The van der Waals surface area contributed by atoms with Crippen LogP contribution in [0, 0.1) is 0 Å². The van der Waals surface area contributed by atoms with Gasteiger partial charge >= 0.3 is 0 Å². The maximum absolute atomic E-state index is 14.1. The van der Waals surface area contributed by atoms with Gasteiger partial charge in [0.05, 0.1) is 66.1 Å². The molecule has 0 aliphatic carbocycles. The van der Waals surface area contributed by atoms with Crippen LogP contribution in [0.25, 0.3) is 10.8 Å². The molecule has 0 heterocycles. The predicted octanol–water partition coefficient (Wildman–Crippen LogP) is 1.38. The van der Waals surface area contributed by atoms with E-state index in [-0.39, 0.29) is 24.3 Å². The van der Waals surface area contributed by atoms with Crippen molar-refractivity contribution in [2.24, 2.45) is 0 Å². The van der Waals surface area contributed by atoms with Crippen LogP contribution in [0.15, 0.2) is 123 Å². The third-order valence-electron chi connectivity index (χ3n) is 8.01. The zero-order valence-electron chi connectivity index (χ0n) is 30.6. The van der Waals surface area contributed by atoms with Crippen molar-refractivity contribution in [3.63, 3.8) is 0 Å². The van der Waals surface area contributed by atoms with Crippen LogP contribution in [-0.4, -0.2) is 103 Å². The molecule has 5 aromatic rings. The lowest BCUT2D eigenvalue weighted by molar-refractivity contribution is 0.476. The summed E-state index contributed by atoms with van der Waals surface area (Å²) < 4.78 is 288. The van der Waals surface area contributed by atoms with E-state index in [4.69, 9.17) is 11.6 Å².